The van der Waals surface area contributed by atoms with Crippen molar-refractivity contribution in [3.8, 4) is 0 Å². The second-order valence-electron chi connectivity index (χ2n) is 0. The first-order valence-electron chi connectivity index (χ1n) is 0. The zero-order valence-electron chi connectivity index (χ0n) is 4.04. The standard InChI is InChI=1S/Ba.Cu.5O.Sm.Y/q2*+2;5*-2;2*+3. The molecular weight excluding hydrogens is 520 g/mol. The van der Waals surface area contributed by atoms with Crippen LogP contribution in [0, 0.1) is 40.4 Å². The second-order valence-corrected chi connectivity index (χ2v) is 0. The van der Waals surface area contributed by atoms with Crippen molar-refractivity contribution in [2.45, 2.75) is 0 Å². The molecule has 52 valence electrons. The normalized spacial score (nSPS) is 0. The van der Waals surface area contributed by atoms with E-state index >= 15 is 0 Å². The van der Waals surface area contributed by atoms with E-state index in [1.807, 2.05) is 0 Å². The minimum Gasteiger partial charge on any atom is -2.00 e. The molecule has 0 aliphatic heterocycles. The predicted octanol–water partition coefficient (Wildman–Crippen LogP) is -0.980. The molecular formula is BaCuO5SmY. The van der Waals surface area contributed by atoms with Gasteiger partial charge in [0.15, 0.2) is 0 Å². The van der Waals surface area contributed by atoms with Crippen LogP contribution in [0.5, 0.6) is 0 Å². The molecule has 5 nitrogen and oxygen atoms in total. The van der Waals surface area contributed by atoms with Crippen molar-refractivity contribution in [3.05, 3.63) is 0 Å². The van der Waals surface area contributed by atoms with Crippen LogP contribution in [0.3, 0.4) is 0 Å². The Kier molecular flexibility index (Phi) is 1010. The first kappa shape index (κ1) is 108. The molecule has 0 unspecified atom stereocenters. The van der Waals surface area contributed by atoms with E-state index in [1.165, 1.54) is 0 Å². The van der Waals surface area contributed by atoms with Crippen molar-refractivity contribution in [1.29, 1.82) is 0 Å². The summed E-state index contributed by atoms with van der Waals surface area (Å²) >= 11 is 0. The van der Waals surface area contributed by atoms with Crippen molar-refractivity contribution in [1.82, 2.24) is 0 Å². The Morgan fingerprint density at radius 1 is 0.556 bits per heavy atom. The first-order valence-corrected chi connectivity index (χ1v) is 0. The van der Waals surface area contributed by atoms with Gasteiger partial charge in [0.2, 0.25) is 0 Å². The van der Waals surface area contributed by atoms with E-state index < -0.39 is 0 Å². The fourth-order valence-electron chi connectivity index (χ4n) is 0. The Morgan fingerprint density at radius 3 is 0.556 bits per heavy atom. The van der Waals surface area contributed by atoms with Gasteiger partial charge in [0.1, 0.15) is 0 Å². The minimum atomic E-state index is 0. The molecule has 0 aromatic rings. The zero-order chi connectivity index (χ0) is 0. The fraction of sp³-hybridized carbons (Fsp3) is 0. The van der Waals surface area contributed by atoms with Crippen molar-refractivity contribution >= 4 is 48.9 Å². The SMILES string of the molecule is [Ba+2].[Cu+2].[O-2].[O-2].[O-2].[O-2].[O-2].[Sm+3].[Y+3]. The van der Waals surface area contributed by atoms with Gasteiger partial charge in [-0.3, -0.25) is 0 Å². The van der Waals surface area contributed by atoms with Crippen LogP contribution in [0.4, 0.5) is 0 Å². The minimum absolute atomic E-state index is 0. The monoisotopic (exact) mass is 522 g/mol. The quantitative estimate of drug-likeness (QED) is 0.363. The molecule has 0 saturated heterocycles. The molecule has 0 N–H and O–H groups in total. The Labute approximate surface area is 162 Å². The number of rotatable bonds is 0. The maximum absolute atomic E-state index is 0. The van der Waals surface area contributed by atoms with Crippen LogP contribution in [-0.2, 0) is 77.2 Å². The Balaban J connectivity index is 0. The van der Waals surface area contributed by atoms with Crippen molar-refractivity contribution in [2.75, 3.05) is 0 Å². The van der Waals surface area contributed by atoms with Crippen molar-refractivity contribution in [2.24, 2.45) is 0 Å². The summed E-state index contributed by atoms with van der Waals surface area (Å²) in [6.07, 6.45) is 0. The van der Waals surface area contributed by atoms with Crippen LogP contribution < -0.4 is 0 Å². The first-order chi connectivity index (χ1) is 0. The van der Waals surface area contributed by atoms with Crippen LogP contribution in [0.15, 0.2) is 0 Å². The molecule has 2 radical (unpaired) electrons. The molecule has 9 heteroatoms. The molecule has 9 heavy (non-hydrogen) atoms. The Hall–Kier alpha value is 4.33. The third kappa shape index (κ3) is 70.1. The van der Waals surface area contributed by atoms with Gasteiger partial charge in [0.25, 0.3) is 0 Å². The summed E-state index contributed by atoms with van der Waals surface area (Å²) in [5, 5.41) is 0. The molecule has 0 spiro atoms. The van der Waals surface area contributed by atoms with Gasteiger partial charge in [-0.15, -0.1) is 0 Å². The molecule has 0 aliphatic rings. The van der Waals surface area contributed by atoms with Crippen LogP contribution in [0.25, 0.3) is 0 Å². The molecule has 0 bridgehead atoms. The summed E-state index contributed by atoms with van der Waals surface area (Å²) in [5.74, 6) is 0. The van der Waals surface area contributed by atoms with E-state index in [9.17, 15) is 0 Å². The molecule has 0 amide bonds. The topological polar surface area (TPSA) is 142 Å². The summed E-state index contributed by atoms with van der Waals surface area (Å²) in [5.41, 5.74) is 0. The fourth-order valence-corrected chi connectivity index (χ4v) is 0. The smallest absolute Gasteiger partial charge is 2.00 e. The Morgan fingerprint density at radius 2 is 0.556 bits per heavy atom. The Bertz CT molecular complexity index is 16.9. The molecule has 0 rings (SSSR count). The van der Waals surface area contributed by atoms with E-state index in [2.05, 4.69) is 0 Å². The van der Waals surface area contributed by atoms with Gasteiger partial charge in [0, 0.05) is 0 Å². The maximum Gasteiger partial charge on any atom is 3.00 e. The van der Waals surface area contributed by atoms with Gasteiger partial charge in [0.05, 0.1) is 0 Å². The summed E-state index contributed by atoms with van der Waals surface area (Å²) < 4.78 is 0. The van der Waals surface area contributed by atoms with Crippen LogP contribution >= 0.6 is 0 Å². The van der Waals surface area contributed by atoms with E-state index in [0.29, 0.717) is 0 Å². The van der Waals surface area contributed by atoms with Crippen LogP contribution in [0.2, 0.25) is 0 Å². The molecule has 0 heterocycles. The van der Waals surface area contributed by atoms with E-state index in [-0.39, 0.29) is 166 Å². The second kappa shape index (κ2) is 84.4. The van der Waals surface area contributed by atoms with Gasteiger partial charge in [-0.25, -0.2) is 0 Å². The van der Waals surface area contributed by atoms with Gasteiger partial charge in [-0.05, 0) is 0 Å². The molecule has 0 atom stereocenters. The summed E-state index contributed by atoms with van der Waals surface area (Å²) in [4.78, 5) is 0. The average Bonchev–Trinajstić information content (AvgIpc) is 0. The van der Waals surface area contributed by atoms with Gasteiger partial charge in [-0.2, -0.15) is 0 Å². The summed E-state index contributed by atoms with van der Waals surface area (Å²) in [7, 11) is 0. The molecule has 0 aliphatic carbocycles. The molecule has 0 aromatic heterocycles. The maximum atomic E-state index is 0. The zero-order valence-corrected chi connectivity index (χ0v) is 14.9. The van der Waals surface area contributed by atoms with E-state index in [0.717, 1.165) is 0 Å². The number of hydrogen-bond acceptors (Lipinski definition) is 0. The van der Waals surface area contributed by atoms with E-state index in [4.69, 9.17) is 0 Å². The summed E-state index contributed by atoms with van der Waals surface area (Å²) in [6.45, 7) is 0. The van der Waals surface area contributed by atoms with E-state index in [1.54, 1.807) is 0 Å². The van der Waals surface area contributed by atoms with Crippen LogP contribution in [0.1, 0.15) is 0 Å². The third-order valence-corrected chi connectivity index (χ3v) is 0. The molecule has 0 saturated carbocycles. The predicted molar refractivity (Wildman–Crippen MR) is 9.19 cm³/mol. The number of hydrogen-bond donors (Lipinski definition) is 0. The largest absolute Gasteiger partial charge is 3.00 e. The van der Waals surface area contributed by atoms with Gasteiger partial charge >= 0.3 is 139 Å². The summed E-state index contributed by atoms with van der Waals surface area (Å²) in [6, 6.07) is 0. The third-order valence-electron chi connectivity index (χ3n) is 0. The van der Waals surface area contributed by atoms with Gasteiger partial charge in [-0.1, -0.05) is 0 Å². The van der Waals surface area contributed by atoms with Crippen molar-refractivity contribution in [3.63, 3.8) is 0 Å². The molecule has 0 fully saturated rings. The average molecular weight is 520 g/mol. The van der Waals surface area contributed by atoms with Crippen molar-refractivity contribution < 1.29 is 118 Å². The van der Waals surface area contributed by atoms with Gasteiger partial charge < -0.3 is 27.4 Å². The molecule has 0 aromatic carbocycles. The van der Waals surface area contributed by atoms with Crippen LogP contribution in [-0.4, -0.2) is 48.9 Å².